The Kier molecular flexibility index (Phi) is 4.58. The minimum atomic E-state index is 0.258. The normalized spacial score (nSPS) is 19.8. The molecule has 1 saturated heterocycles. The summed E-state index contributed by atoms with van der Waals surface area (Å²) in [7, 11) is 0. The van der Waals surface area contributed by atoms with Crippen LogP contribution in [0.15, 0.2) is 6.07 Å². The molecule has 0 saturated carbocycles. The first-order chi connectivity index (χ1) is 9.10. The van der Waals surface area contributed by atoms with Crippen LogP contribution in [0.4, 0.5) is 11.6 Å². The van der Waals surface area contributed by atoms with E-state index < -0.39 is 0 Å². The van der Waals surface area contributed by atoms with Gasteiger partial charge in [-0.25, -0.2) is 9.97 Å². The van der Waals surface area contributed by atoms with Crippen molar-refractivity contribution in [3.8, 4) is 0 Å². The van der Waals surface area contributed by atoms with Crippen LogP contribution in [0, 0.1) is 0 Å². The average molecular weight is 264 g/mol. The Bertz CT molecular complexity index is 422. The average Bonchev–Trinajstić information content (AvgIpc) is 2.38. The van der Waals surface area contributed by atoms with Crippen molar-refractivity contribution in [1.29, 1.82) is 0 Å². The fraction of sp³-hybridized carbons (Fsp3) is 0.714. The van der Waals surface area contributed by atoms with Gasteiger partial charge >= 0.3 is 0 Å². The van der Waals surface area contributed by atoms with Crippen molar-refractivity contribution in [3.05, 3.63) is 11.9 Å². The Morgan fingerprint density at radius 3 is 2.89 bits per heavy atom. The summed E-state index contributed by atoms with van der Waals surface area (Å²) in [6, 6.07) is 2.04. The lowest BCUT2D eigenvalue weighted by molar-refractivity contribution is 0.0529. The Balaban J connectivity index is 2.27. The van der Waals surface area contributed by atoms with E-state index in [0.717, 1.165) is 43.7 Å². The molecule has 1 fully saturated rings. The van der Waals surface area contributed by atoms with Crippen LogP contribution in [-0.2, 0) is 4.74 Å². The van der Waals surface area contributed by atoms with Gasteiger partial charge in [-0.3, -0.25) is 0 Å². The molecule has 2 heterocycles. The summed E-state index contributed by atoms with van der Waals surface area (Å²) in [6.07, 6.45) is 0.258. The highest BCUT2D eigenvalue weighted by Crippen LogP contribution is 2.21. The monoisotopic (exact) mass is 264 g/mol. The summed E-state index contributed by atoms with van der Waals surface area (Å²) in [5, 5.41) is 3.28. The van der Waals surface area contributed by atoms with E-state index in [1.807, 2.05) is 6.07 Å². The Labute approximate surface area is 115 Å². The molecule has 1 unspecified atom stereocenters. The number of rotatable bonds is 4. The molecule has 0 bridgehead atoms. The highest BCUT2D eigenvalue weighted by atomic mass is 16.5. The number of anilines is 2. The third-order valence-corrected chi connectivity index (χ3v) is 3.17. The quantitative estimate of drug-likeness (QED) is 0.904. The second kappa shape index (κ2) is 6.19. The first kappa shape index (κ1) is 14.1. The summed E-state index contributed by atoms with van der Waals surface area (Å²) in [6.45, 7) is 11.8. The molecule has 19 heavy (non-hydrogen) atoms. The van der Waals surface area contributed by atoms with E-state index in [2.05, 4.69) is 42.9 Å². The number of nitrogens with zero attached hydrogens (tertiary/aromatic N) is 3. The molecular formula is C14H24N4O. The predicted molar refractivity (Wildman–Crippen MR) is 77.9 cm³/mol. The first-order valence-electron chi connectivity index (χ1n) is 7.09. The number of ether oxygens (including phenoxy) is 1. The zero-order valence-corrected chi connectivity index (χ0v) is 12.3. The van der Waals surface area contributed by atoms with E-state index >= 15 is 0 Å². The summed E-state index contributed by atoms with van der Waals surface area (Å²) < 4.78 is 5.58. The largest absolute Gasteiger partial charge is 0.375 e. The second-order valence-corrected chi connectivity index (χ2v) is 5.28. The van der Waals surface area contributed by atoms with Gasteiger partial charge in [-0.1, -0.05) is 13.8 Å². The summed E-state index contributed by atoms with van der Waals surface area (Å²) >= 11 is 0. The molecule has 106 valence electrons. The summed E-state index contributed by atoms with van der Waals surface area (Å²) in [4.78, 5) is 11.5. The lowest BCUT2D eigenvalue weighted by Crippen LogP contribution is -2.41. The van der Waals surface area contributed by atoms with Gasteiger partial charge in [-0.05, 0) is 13.8 Å². The van der Waals surface area contributed by atoms with Crippen LogP contribution in [0.2, 0.25) is 0 Å². The molecule has 0 amide bonds. The molecule has 1 aromatic heterocycles. The molecule has 1 aliphatic rings. The number of hydrogen-bond donors (Lipinski definition) is 1. The highest BCUT2D eigenvalue weighted by molar-refractivity contribution is 5.50. The summed E-state index contributed by atoms with van der Waals surface area (Å²) in [5.74, 6) is 3.14. The zero-order chi connectivity index (χ0) is 13.8. The van der Waals surface area contributed by atoms with E-state index in [9.17, 15) is 0 Å². The smallest absolute Gasteiger partial charge is 0.135 e. The van der Waals surface area contributed by atoms with Crippen molar-refractivity contribution in [3.63, 3.8) is 0 Å². The lowest BCUT2D eigenvalue weighted by Gasteiger charge is -2.32. The van der Waals surface area contributed by atoms with Crippen molar-refractivity contribution >= 4 is 11.6 Å². The maximum atomic E-state index is 5.58. The van der Waals surface area contributed by atoms with Gasteiger partial charge in [0.25, 0.3) is 0 Å². The molecule has 0 spiro atoms. The van der Waals surface area contributed by atoms with Crippen LogP contribution < -0.4 is 10.2 Å². The van der Waals surface area contributed by atoms with Gasteiger partial charge < -0.3 is 15.0 Å². The van der Waals surface area contributed by atoms with Crippen LogP contribution >= 0.6 is 0 Å². The molecule has 2 rings (SSSR count). The molecule has 0 radical (unpaired) electrons. The highest BCUT2D eigenvalue weighted by Gasteiger charge is 2.19. The third-order valence-electron chi connectivity index (χ3n) is 3.17. The maximum Gasteiger partial charge on any atom is 0.135 e. The molecule has 1 aromatic rings. The Morgan fingerprint density at radius 2 is 2.26 bits per heavy atom. The van der Waals surface area contributed by atoms with Crippen molar-refractivity contribution in [2.45, 2.75) is 39.7 Å². The SMILES string of the molecule is CCNc1cc(N2CCOC(C)C2)nc(C(C)C)n1. The Hall–Kier alpha value is -1.36. The van der Waals surface area contributed by atoms with Crippen LogP contribution in [0.25, 0.3) is 0 Å². The van der Waals surface area contributed by atoms with Gasteiger partial charge in [0.1, 0.15) is 17.5 Å². The molecular weight excluding hydrogens is 240 g/mol. The van der Waals surface area contributed by atoms with Crippen molar-refractivity contribution in [2.24, 2.45) is 0 Å². The standard InChI is InChI=1S/C14H24N4O/c1-5-15-12-8-13(17-14(16-12)10(2)3)18-6-7-19-11(4)9-18/h8,10-11H,5-7,9H2,1-4H3,(H,15,16,17). The number of hydrogen-bond acceptors (Lipinski definition) is 5. The van der Waals surface area contributed by atoms with E-state index in [-0.39, 0.29) is 6.10 Å². The van der Waals surface area contributed by atoms with Crippen LogP contribution in [0.1, 0.15) is 39.4 Å². The second-order valence-electron chi connectivity index (χ2n) is 5.28. The van der Waals surface area contributed by atoms with E-state index in [1.54, 1.807) is 0 Å². The van der Waals surface area contributed by atoms with Crippen LogP contribution in [0.5, 0.6) is 0 Å². The zero-order valence-electron chi connectivity index (χ0n) is 12.3. The molecule has 1 N–H and O–H groups in total. The van der Waals surface area contributed by atoms with Gasteiger partial charge in [-0.2, -0.15) is 0 Å². The van der Waals surface area contributed by atoms with Crippen molar-refractivity contribution in [2.75, 3.05) is 36.5 Å². The Morgan fingerprint density at radius 1 is 1.47 bits per heavy atom. The molecule has 5 nitrogen and oxygen atoms in total. The predicted octanol–water partition coefficient (Wildman–Crippen LogP) is 2.26. The number of morpholine rings is 1. The first-order valence-corrected chi connectivity index (χ1v) is 7.09. The van der Waals surface area contributed by atoms with Crippen LogP contribution in [-0.4, -0.2) is 42.3 Å². The minimum absolute atomic E-state index is 0.258. The van der Waals surface area contributed by atoms with E-state index in [0.29, 0.717) is 5.92 Å². The van der Waals surface area contributed by atoms with Crippen molar-refractivity contribution in [1.82, 2.24) is 9.97 Å². The van der Waals surface area contributed by atoms with Gasteiger partial charge in [0, 0.05) is 31.6 Å². The van der Waals surface area contributed by atoms with Gasteiger partial charge in [-0.15, -0.1) is 0 Å². The van der Waals surface area contributed by atoms with Gasteiger partial charge in [0.05, 0.1) is 12.7 Å². The fourth-order valence-corrected chi connectivity index (χ4v) is 2.17. The molecule has 1 atom stereocenters. The van der Waals surface area contributed by atoms with Crippen LogP contribution in [0.3, 0.4) is 0 Å². The maximum absolute atomic E-state index is 5.58. The fourth-order valence-electron chi connectivity index (χ4n) is 2.17. The van der Waals surface area contributed by atoms with E-state index in [4.69, 9.17) is 9.72 Å². The molecule has 0 aromatic carbocycles. The van der Waals surface area contributed by atoms with Gasteiger partial charge in [0.2, 0.25) is 0 Å². The minimum Gasteiger partial charge on any atom is -0.375 e. The van der Waals surface area contributed by atoms with E-state index in [1.165, 1.54) is 0 Å². The molecule has 0 aliphatic carbocycles. The lowest BCUT2D eigenvalue weighted by atomic mass is 10.2. The number of aromatic nitrogens is 2. The third kappa shape index (κ3) is 3.56. The van der Waals surface area contributed by atoms with Gasteiger partial charge in [0.15, 0.2) is 0 Å². The number of nitrogens with one attached hydrogen (secondary N) is 1. The summed E-state index contributed by atoms with van der Waals surface area (Å²) in [5.41, 5.74) is 0. The topological polar surface area (TPSA) is 50.3 Å². The molecule has 5 heteroatoms. The molecule has 1 aliphatic heterocycles. The van der Waals surface area contributed by atoms with Crippen molar-refractivity contribution < 1.29 is 4.74 Å².